The summed E-state index contributed by atoms with van der Waals surface area (Å²) in [5.41, 5.74) is 4.33. The van der Waals surface area contributed by atoms with Crippen LogP contribution >= 0.6 is 0 Å². The van der Waals surface area contributed by atoms with Crippen molar-refractivity contribution in [1.82, 2.24) is 9.97 Å². The van der Waals surface area contributed by atoms with Gasteiger partial charge in [-0.2, -0.15) is 0 Å². The maximum atomic E-state index is 4.92. The Morgan fingerprint density at radius 1 is 0.821 bits per heavy atom. The van der Waals surface area contributed by atoms with Crippen molar-refractivity contribution in [3.8, 4) is 11.4 Å². The number of nitrogens with one attached hydrogen (secondary N) is 1. The summed E-state index contributed by atoms with van der Waals surface area (Å²) in [6, 6.07) is 26.8. The lowest BCUT2D eigenvalue weighted by Gasteiger charge is -2.11. The van der Waals surface area contributed by atoms with Gasteiger partial charge in [0.2, 0.25) is 0 Å². The third-order valence-corrected chi connectivity index (χ3v) is 5.12. The molecule has 0 aliphatic carbocycles. The lowest BCUT2D eigenvalue weighted by molar-refractivity contribution is 0.716. The first-order valence-electron chi connectivity index (χ1n) is 9.60. The van der Waals surface area contributed by atoms with Crippen LogP contribution in [0, 0.1) is 0 Å². The van der Waals surface area contributed by atoms with Gasteiger partial charge in [0.1, 0.15) is 11.7 Å². The molecule has 1 atom stereocenters. The number of nitrogens with zero attached hydrogens (tertiary/aromatic N) is 3. The van der Waals surface area contributed by atoms with Crippen LogP contribution in [0.4, 0.5) is 5.82 Å². The van der Waals surface area contributed by atoms with Crippen molar-refractivity contribution in [1.29, 1.82) is 0 Å². The van der Waals surface area contributed by atoms with Crippen LogP contribution in [0.25, 0.3) is 22.3 Å². The summed E-state index contributed by atoms with van der Waals surface area (Å²) in [6.45, 7) is 2.17. The molecule has 4 aromatic rings. The number of amidine groups is 1. The molecule has 0 spiro atoms. The van der Waals surface area contributed by atoms with Crippen LogP contribution in [0.1, 0.15) is 30.5 Å². The lowest BCUT2D eigenvalue weighted by atomic mass is 10.0. The van der Waals surface area contributed by atoms with Crippen LogP contribution in [-0.2, 0) is 0 Å². The van der Waals surface area contributed by atoms with Gasteiger partial charge < -0.3 is 5.32 Å². The van der Waals surface area contributed by atoms with Gasteiger partial charge in [-0.25, -0.2) is 9.97 Å². The molecule has 1 N–H and O–H groups in total. The van der Waals surface area contributed by atoms with Gasteiger partial charge in [-0.1, -0.05) is 73.7 Å². The third-order valence-electron chi connectivity index (χ3n) is 5.12. The first kappa shape index (κ1) is 16.6. The van der Waals surface area contributed by atoms with Crippen molar-refractivity contribution in [3.05, 3.63) is 90.0 Å². The zero-order chi connectivity index (χ0) is 18.9. The number of hydrogen-bond donors (Lipinski definition) is 1. The Morgan fingerprint density at radius 3 is 2.43 bits per heavy atom. The summed E-state index contributed by atoms with van der Waals surface area (Å²) >= 11 is 0. The van der Waals surface area contributed by atoms with Crippen molar-refractivity contribution in [2.24, 2.45) is 4.99 Å². The lowest BCUT2D eigenvalue weighted by Crippen LogP contribution is -2.13. The number of para-hydroxylation sites is 1. The highest BCUT2D eigenvalue weighted by Gasteiger charge is 2.24. The minimum atomic E-state index is 0.195. The Balaban J connectivity index is 1.63. The molecule has 0 fully saturated rings. The molecule has 4 heteroatoms. The third kappa shape index (κ3) is 2.83. The molecule has 2 heterocycles. The van der Waals surface area contributed by atoms with Crippen molar-refractivity contribution < 1.29 is 0 Å². The fourth-order valence-electron chi connectivity index (χ4n) is 3.71. The molecular formula is C24H20N4. The molecule has 5 rings (SSSR count). The van der Waals surface area contributed by atoms with Crippen molar-refractivity contribution in [2.45, 2.75) is 19.4 Å². The van der Waals surface area contributed by atoms with Gasteiger partial charge in [0.25, 0.3) is 0 Å². The summed E-state index contributed by atoms with van der Waals surface area (Å²) in [5, 5.41) is 4.50. The minimum absolute atomic E-state index is 0.195. The predicted octanol–water partition coefficient (Wildman–Crippen LogP) is 5.62. The Bertz CT molecular complexity index is 1180. The van der Waals surface area contributed by atoms with E-state index in [0.717, 1.165) is 40.1 Å². The highest BCUT2D eigenvalue weighted by molar-refractivity contribution is 6.13. The molecule has 3 aromatic carbocycles. The van der Waals surface area contributed by atoms with E-state index in [9.17, 15) is 0 Å². The van der Waals surface area contributed by atoms with Gasteiger partial charge in [-0.3, -0.25) is 4.99 Å². The average Bonchev–Trinajstić information content (AvgIpc) is 3.12. The molecule has 0 saturated heterocycles. The maximum absolute atomic E-state index is 4.92. The minimum Gasteiger partial charge on any atom is -0.324 e. The molecule has 136 valence electrons. The van der Waals surface area contributed by atoms with Crippen LogP contribution in [0.2, 0.25) is 0 Å². The average molecular weight is 364 g/mol. The number of anilines is 1. The molecule has 1 aromatic heterocycles. The smallest absolute Gasteiger partial charge is 0.162 e. The number of fused-ring (bicyclic) bond motifs is 2. The van der Waals surface area contributed by atoms with Crippen molar-refractivity contribution >= 4 is 22.6 Å². The SMILES string of the molecule is CCC1N=C(Nc2nc(-c3ccccc3)nc3ccccc23)c2ccccc21. The Kier molecular flexibility index (Phi) is 4.09. The molecule has 1 aliphatic heterocycles. The molecule has 1 unspecified atom stereocenters. The second-order valence-corrected chi connectivity index (χ2v) is 6.89. The van der Waals surface area contributed by atoms with Crippen molar-refractivity contribution in [3.63, 3.8) is 0 Å². The number of benzene rings is 3. The zero-order valence-corrected chi connectivity index (χ0v) is 15.6. The van der Waals surface area contributed by atoms with E-state index in [0.29, 0.717) is 5.82 Å². The van der Waals surface area contributed by atoms with E-state index in [2.05, 4.69) is 36.5 Å². The summed E-state index contributed by atoms with van der Waals surface area (Å²) in [6.07, 6.45) is 0.974. The summed E-state index contributed by atoms with van der Waals surface area (Å²) in [5.74, 6) is 2.38. The van der Waals surface area contributed by atoms with E-state index in [4.69, 9.17) is 15.0 Å². The van der Waals surface area contributed by atoms with Crippen LogP contribution in [0.3, 0.4) is 0 Å². The zero-order valence-electron chi connectivity index (χ0n) is 15.6. The summed E-state index contributed by atoms with van der Waals surface area (Å²) in [7, 11) is 0. The number of hydrogen-bond acceptors (Lipinski definition) is 4. The summed E-state index contributed by atoms with van der Waals surface area (Å²) < 4.78 is 0. The quantitative estimate of drug-likeness (QED) is 0.513. The van der Waals surface area contributed by atoms with E-state index in [1.807, 2.05) is 54.6 Å². The standard InChI is InChI=1S/C24H20N4/c1-2-20-17-12-6-7-13-18(17)23(25-20)28-24-19-14-8-9-15-21(19)26-22(27-24)16-10-4-3-5-11-16/h3-15,20H,2H2,1H3,(H,25,26,27,28). The number of aliphatic imine (C=N–C) groups is 1. The van der Waals surface area contributed by atoms with E-state index in [1.165, 1.54) is 5.56 Å². The van der Waals surface area contributed by atoms with Crippen LogP contribution < -0.4 is 5.32 Å². The molecule has 0 saturated carbocycles. The first-order chi connectivity index (χ1) is 13.8. The largest absolute Gasteiger partial charge is 0.324 e. The fourth-order valence-corrected chi connectivity index (χ4v) is 3.71. The Hall–Kier alpha value is -3.53. The Labute approximate surface area is 164 Å². The van der Waals surface area contributed by atoms with Crippen LogP contribution in [0.15, 0.2) is 83.9 Å². The molecule has 0 radical (unpaired) electrons. The highest BCUT2D eigenvalue weighted by Crippen LogP contribution is 2.33. The molecule has 0 amide bonds. The normalized spacial score (nSPS) is 15.3. The van der Waals surface area contributed by atoms with E-state index in [-0.39, 0.29) is 6.04 Å². The molecule has 0 bridgehead atoms. The van der Waals surface area contributed by atoms with Gasteiger partial charge in [-0.15, -0.1) is 0 Å². The number of aromatic nitrogens is 2. The van der Waals surface area contributed by atoms with Gasteiger partial charge in [0.05, 0.1) is 11.6 Å². The number of rotatable bonds is 3. The molecule has 4 nitrogen and oxygen atoms in total. The van der Waals surface area contributed by atoms with E-state index < -0.39 is 0 Å². The van der Waals surface area contributed by atoms with Crippen molar-refractivity contribution in [2.75, 3.05) is 5.32 Å². The second-order valence-electron chi connectivity index (χ2n) is 6.89. The molecule has 28 heavy (non-hydrogen) atoms. The Morgan fingerprint density at radius 2 is 1.57 bits per heavy atom. The monoisotopic (exact) mass is 364 g/mol. The van der Waals surface area contributed by atoms with Gasteiger partial charge in [-0.05, 0) is 24.1 Å². The van der Waals surface area contributed by atoms with E-state index in [1.54, 1.807) is 0 Å². The van der Waals surface area contributed by atoms with Gasteiger partial charge in [0.15, 0.2) is 5.82 Å². The second kappa shape index (κ2) is 6.89. The van der Waals surface area contributed by atoms with E-state index >= 15 is 0 Å². The maximum Gasteiger partial charge on any atom is 0.162 e. The van der Waals surface area contributed by atoms with Gasteiger partial charge >= 0.3 is 0 Å². The first-order valence-corrected chi connectivity index (χ1v) is 9.60. The topological polar surface area (TPSA) is 50.2 Å². The van der Waals surface area contributed by atoms with Crippen LogP contribution in [0.5, 0.6) is 0 Å². The van der Waals surface area contributed by atoms with Crippen LogP contribution in [-0.4, -0.2) is 15.8 Å². The molecule has 1 aliphatic rings. The predicted molar refractivity (Wildman–Crippen MR) is 115 cm³/mol. The van der Waals surface area contributed by atoms with Gasteiger partial charge in [0, 0.05) is 16.5 Å². The fraction of sp³-hybridized carbons (Fsp3) is 0.125. The highest BCUT2D eigenvalue weighted by atomic mass is 15.1. The summed E-state index contributed by atoms with van der Waals surface area (Å²) in [4.78, 5) is 14.5. The molecular weight excluding hydrogens is 344 g/mol.